The van der Waals surface area contributed by atoms with Crippen LogP contribution in [0.15, 0.2) is 122 Å². The maximum atomic E-state index is 10.5. The molecular weight excluding hydrogens is 1650 g/mol. The molecule has 0 radical (unpaired) electrons. The van der Waals surface area contributed by atoms with Gasteiger partial charge in [-0.1, -0.05) is 67.8 Å². The summed E-state index contributed by atoms with van der Waals surface area (Å²) in [5, 5.41) is 150. The van der Waals surface area contributed by atoms with Gasteiger partial charge in [-0.15, -0.1) is 45.3 Å². The van der Waals surface area contributed by atoms with Gasteiger partial charge in [-0.2, -0.15) is 19.9 Å². The van der Waals surface area contributed by atoms with E-state index in [1.165, 1.54) is 49.9 Å². The number of aliphatic hydroxyl groups excluding tert-OH is 12. The highest BCUT2D eigenvalue weighted by Gasteiger charge is 2.46. The lowest BCUT2D eigenvalue weighted by atomic mass is 9.93. The van der Waals surface area contributed by atoms with Crippen LogP contribution in [0.25, 0.3) is 83.2 Å². The van der Waals surface area contributed by atoms with E-state index in [1.54, 1.807) is 65.9 Å². The maximum Gasteiger partial charge on any atom is 0.224 e. The highest BCUT2D eigenvalue weighted by Crippen LogP contribution is 2.43. The van der Waals surface area contributed by atoms with Crippen molar-refractivity contribution in [2.24, 2.45) is 29.6 Å². The van der Waals surface area contributed by atoms with Gasteiger partial charge < -0.3 is 109 Å². The molecule has 7 fully saturated rings. The molecule has 8 heterocycles. The number of hydrogen-bond donors (Lipinski definition) is 20. The molecule has 0 amide bonds. The number of thiazole rings is 4. The van der Waals surface area contributed by atoms with E-state index in [4.69, 9.17) is 34.6 Å². The predicted octanol–water partition coefficient (Wildman–Crippen LogP) is 9.05. The molecule has 123 heavy (non-hydrogen) atoms. The third-order valence-corrected chi connectivity index (χ3v) is 28.4. The van der Waals surface area contributed by atoms with Gasteiger partial charge in [0.05, 0.1) is 112 Å². The Hall–Kier alpha value is -9.36. The Balaban J connectivity index is 0.000000121. The second-order valence-corrected chi connectivity index (χ2v) is 36.9. The summed E-state index contributed by atoms with van der Waals surface area (Å²) in [6, 6.07) is 30.8. The van der Waals surface area contributed by atoms with Crippen molar-refractivity contribution in [3.8, 4) is 42.3 Å². The fourth-order valence-electron chi connectivity index (χ4n) is 16.5. The summed E-state index contributed by atoms with van der Waals surface area (Å²) in [4.78, 5) is 55.7. The minimum Gasteiger partial charge on any atom is -0.396 e. The summed E-state index contributed by atoms with van der Waals surface area (Å²) in [6.45, 7) is 1.45. The van der Waals surface area contributed by atoms with E-state index in [0.29, 0.717) is 104 Å². The minimum absolute atomic E-state index is 0.167. The molecule has 0 aliphatic heterocycles. The van der Waals surface area contributed by atoms with Crippen molar-refractivity contribution in [1.82, 2.24) is 59.8 Å². The van der Waals surface area contributed by atoms with Crippen LogP contribution >= 0.6 is 45.3 Å². The monoisotopic (exact) mass is 1750 g/mol. The van der Waals surface area contributed by atoms with E-state index in [9.17, 15) is 61.3 Å². The Bertz CT molecular complexity index is 5360. The maximum absolute atomic E-state index is 10.5. The predicted molar refractivity (Wildman–Crippen MR) is 479 cm³/mol. The smallest absolute Gasteiger partial charge is 0.224 e. The lowest BCUT2D eigenvalue weighted by Crippen LogP contribution is -2.36. The molecule has 7 aliphatic carbocycles. The molecule has 4 aromatic carbocycles. The SMILES string of the molecule is COCCCNc1ncc(-c2nc3ccccc3s2)c(N[C@@H]2C[C@H](CO)[C@@H](O)[C@H]2O)n1.OC[C@H]1C[C@@H](Nc2nc(NC3CCC3)ncc2-c2nc3ccccc3s2)[C@H](O)[C@@H]1O.OC[C@H]1C[C@@H](Nc2nc(NC3CCCCC3)ncc2-c2nc3ccccc3s2)[C@H](O)[C@@H]1O.OC[C@H]1C[C@@H](Nc2nc(NCC3CC3)ncc2-c2nc3ccccc3s2)[C@H](O)[C@@H]1O. The Kier molecular flexibility index (Phi) is 28.5. The molecule has 16 atom stereocenters. The van der Waals surface area contributed by atoms with Crippen LogP contribution in [0.3, 0.4) is 0 Å². The number of rotatable bonds is 28. The molecule has 19 rings (SSSR count). The van der Waals surface area contributed by atoms with Gasteiger partial charge >= 0.3 is 0 Å². The number of fused-ring (bicyclic) bond motifs is 4. The highest BCUT2D eigenvalue weighted by molar-refractivity contribution is 7.22. The van der Waals surface area contributed by atoms with E-state index in [0.717, 1.165) is 122 Å². The van der Waals surface area contributed by atoms with Gasteiger partial charge in [0, 0.05) is 114 Å². The summed E-state index contributed by atoms with van der Waals surface area (Å²) in [6.07, 6.45) is 13.6. The summed E-state index contributed by atoms with van der Waals surface area (Å²) in [7, 11) is 1.66. The number of ether oxygens (including phenoxy) is 1. The highest BCUT2D eigenvalue weighted by atomic mass is 32.1. The first-order valence-corrected chi connectivity index (χ1v) is 45.6. The van der Waals surface area contributed by atoms with Crippen molar-refractivity contribution < 1.29 is 66.0 Å². The zero-order chi connectivity index (χ0) is 85.2. The Labute approximate surface area is 725 Å². The van der Waals surface area contributed by atoms with Crippen LogP contribution in [-0.4, -0.2) is 259 Å². The van der Waals surface area contributed by atoms with Crippen LogP contribution in [0.5, 0.6) is 0 Å². The molecule has 0 unspecified atom stereocenters. The van der Waals surface area contributed by atoms with Crippen molar-refractivity contribution in [3.63, 3.8) is 0 Å². The van der Waals surface area contributed by atoms with Crippen molar-refractivity contribution in [2.45, 2.75) is 181 Å². The fourth-order valence-corrected chi connectivity index (χ4v) is 20.4. The molecule has 0 saturated heterocycles. The largest absolute Gasteiger partial charge is 0.396 e. The van der Waals surface area contributed by atoms with Crippen molar-refractivity contribution in [3.05, 3.63) is 122 Å². The zero-order valence-electron chi connectivity index (χ0n) is 67.8. The third-order valence-electron chi connectivity index (χ3n) is 24.1. The number of methoxy groups -OCH3 is 1. The van der Waals surface area contributed by atoms with Gasteiger partial charge in [-0.05, 0) is 131 Å². The normalized spacial score (nSPS) is 25.7. The van der Waals surface area contributed by atoms with Crippen molar-refractivity contribution in [1.29, 1.82) is 0 Å². The van der Waals surface area contributed by atoms with Crippen LogP contribution in [-0.2, 0) is 4.74 Å². The summed E-state index contributed by atoms with van der Waals surface area (Å²) < 4.78 is 9.35. The first-order valence-electron chi connectivity index (χ1n) is 42.3. The molecule has 20 N–H and O–H groups in total. The second kappa shape index (κ2) is 40.3. The molecule has 7 aliphatic rings. The standard InChI is InChI=1S/C23H29N5O3S.C21H27N5O4S.2C21H25N5O3S/c29-12-13-10-17(20(31)19(13)30)26-21-15(22-27-16-8-4-5-9-18(16)32-22)11-24-23(28-21)25-14-6-2-1-3-7-14;1-30-8-4-7-22-21-23-10-13(20-25-14-5-2-3-6-16(14)31-20)19(26-21)24-15-9-12(11-27)17(28)18(15)29;27-10-11-8-15(18(29)17(11)28)24-19-13(9-22-21(26-19)23-12-4-3-5-12)20-25-14-6-1-2-7-16(14)30-20;27-10-12-7-15(18(29)17(12)28)24-19-13(9-23-21(26-19)22-8-11-5-6-11)20-25-14-3-1-2-4-16(14)30-20/h4-5,8-9,11,13-14,17,19-20,29-31H,1-3,6-7,10,12H2,(H2,24,25,26,28);2-3,5-6,10,12,15,17-18,27-29H,4,7-9,11H2,1H3,(H2,22,23,24,26);1-2,6-7,9,11-12,15,17-18,27-29H,3-5,8,10H2,(H2,22,23,24,26);1-4,9,11-12,15,17-18,27-29H,5-8,10H2,(H2,22,23,24,26)/t13-,17-,19-,20+;12-,15-,17-,18+;11-,15-,17-,18+;12-,15-,17-,18+/m1111/s1. The fraction of sp³-hybridized carbons (Fsp3) is 0.488. The third kappa shape index (κ3) is 20.6. The van der Waals surface area contributed by atoms with E-state index < -0.39 is 73.0 Å². The number of aliphatic hydroxyl groups is 12. The van der Waals surface area contributed by atoms with Crippen molar-refractivity contribution in [2.75, 3.05) is 95.8 Å². The van der Waals surface area contributed by atoms with Gasteiger partial charge in [-0.3, -0.25) is 0 Å². The topological polar surface area (TPSA) is 503 Å². The molecule has 7 saturated carbocycles. The first-order chi connectivity index (χ1) is 60.0. The Morgan fingerprint density at radius 3 is 0.927 bits per heavy atom. The number of nitrogens with one attached hydrogen (secondary N) is 8. The quantitative estimate of drug-likeness (QED) is 0.0203. The number of para-hydroxylation sites is 4. The molecule has 8 aromatic heterocycles. The van der Waals surface area contributed by atoms with Crippen LogP contribution < -0.4 is 42.5 Å². The molecule has 0 bridgehead atoms. The minimum atomic E-state index is -1.01. The summed E-state index contributed by atoms with van der Waals surface area (Å²) in [5.41, 5.74) is 6.62. The number of aromatic nitrogens is 12. The van der Waals surface area contributed by atoms with Crippen LogP contribution in [0.4, 0.5) is 47.1 Å². The molecule has 12 aromatic rings. The van der Waals surface area contributed by atoms with E-state index in [1.807, 2.05) is 97.1 Å². The van der Waals surface area contributed by atoms with Crippen LogP contribution in [0.2, 0.25) is 0 Å². The molecule has 0 spiro atoms. The van der Waals surface area contributed by atoms with Gasteiger partial charge in [0.25, 0.3) is 0 Å². The molecular formula is C86H106N20O13S4. The number of nitrogens with zero attached hydrogens (tertiary/aromatic N) is 12. The number of benzene rings is 4. The Morgan fingerprint density at radius 2 is 0.642 bits per heavy atom. The lowest BCUT2D eigenvalue weighted by molar-refractivity contribution is 0.00443. The summed E-state index contributed by atoms with van der Waals surface area (Å²) in [5.74, 6) is 3.53. The van der Waals surface area contributed by atoms with E-state index >= 15 is 0 Å². The van der Waals surface area contributed by atoms with Gasteiger partial charge in [0.1, 0.15) is 67.7 Å². The van der Waals surface area contributed by atoms with Crippen LogP contribution in [0, 0.1) is 29.6 Å². The number of anilines is 8. The van der Waals surface area contributed by atoms with Gasteiger partial charge in [0.15, 0.2) is 0 Å². The second-order valence-electron chi connectivity index (χ2n) is 32.8. The molecule has 37 heteroatoms. The van der Waals surface area contributed by atoms with Gasteiger partial charge in [0.2, 0.25) is 23.8 Å². The average molecular weight is 1760 g/mol. The van der Waals surface area contributed by atoms with E-state index in [2.05, 4.69) is 72.4 Å². The lowest BCUT2D eigenvalue weighted by Gasteiger charge is -2.27. The Morgan fingerprint density at radius 1 is 0.341 bits per heavy atom. The van der Waals surface area contributed by atoms with Crippen molar-refractivity contribution >= 4 is 133 Å². The van der Waals surface area contributed by atoms with Gasteiger partial charge in [-0.25, -0.2) is 39.9 Å². The van der Waals surface area contributed by atoms with Crippen LogP contribution in [0.1, 0.15) is 96.3 Å². The average Bonchev–Trinajstić information content (AvgIpc) is 1.66. The first kappa shape index (κ1) is 87.1. The molecule has 33 nitrogen and oxygen atoms in total. The zero-order valence-corrected chi connectivity index (χ0v) is 71.1. The van der Waals surface area contributed by atoms with E-state index in [-0.39, 0.29) is 50.1 Å². The summed E-state index contributed by atoms with van der Waals surface area (Å²) >= 11 is 6.23. The number of hydrogen-bond acceptors (Lipinski definition) is 37. The molecule has 652 valence electrons.